The molecule has 0 aliphatic carbocycles. The molecule has 35 heavy (non-hydrogen) atoms. The van der Waals surface area contributed by atoms with Crippen molar-refractivity contribution < 1.29 is 32.3 Å². The number of rotatable bonds is 5. The van der Waals surface area contributed by atoms with Crippen molar-refractivity contribution in [3.05, 3.63) is 34.0 Å². The summed E-state index contributed by atoms with van der Waals surface area (Å²) in [5, 5.41) is 2.17. The second kappa shape index (κ2) is 9.38. The maximum Gasteiger partial charge on any atom is 0.409 e. The zero-order chi connectivity index (χ0) is 25.5. The van der Waals surface area contributed by atoms with E-state index in [1.54, 1.807) is 0 Å². The van der Waals surface area contributed by atoms with Crippen LogP contribution in [-0.4, -0.2) is 57.6 Å². The van der Waals surface area contributed by atoms with Gasteiger partial charge >= 0.3 is 11.8 Å². The molecule has 1 aromatic carbocycles. The third-order valence-corrected chi connectivity index (χ3v) is 6.68. The lowest BCUT2D eigenvalue weighted by molar-refractivity contribution is -0.135. The summed E-state index contributed by atoms with van der Waals surface area (Å²) in [5.41, 5.74) is -0.928. The molecule has 3 heterocycles. The lowest BCUT2D eigenvalue weighted by atomic mass is 9.85. The van der Waals surface area contributed by atoms with Crippen LogP contribution in [0.2, 0.25) is 0 Å². The van der Waals surface area contributed by atoms with E-state index in [9.17, 15) is 19.2 Å². The second-order valence-corrected chi connectivity index (χ2v) is 9.00. The predicted molar refractivity (Wildman–Crippen MR) is 119 cm³/mol. The summed E-state index contributed by atoms with van der Waals surface area (Å²) < 4.78 is 53.0. The van der Waals surface area contributed by atoms with E-state index in [1.165, 1.54) is 13.1 Å². The summed E-state index contributed by atoms with van der Waals surface area (Å²) in [6.45, 7) is 1.03. The highest BCUT2D eigenvalue weighted by atomic mass is 19.3. The van der Waals surface area contributed by atoms with Crippen molar-refractivity contribution >= 4 is 28.9 Å². The molecule has 1 N–H and O–H groups in total. The van der Waals surface area contributed by atoms with Crippen LogP contribution in [0.25, 0.3) is 11.0 Å². The Balaban J connectivity index is 1.72. The van der Waals surface area contributed by atoms with E-state index in [4.69, 9.17) is 4.74 Å². The first kappa shape index (κ1) is 24.8. The van der Waals surface area contributed by atoms with Crippen LogP contribution in [0.4, 0.5) is 18.0 Å². The molecule has 2 atom stereocenters. The Morgan fingerprint density at radius 2 is 1.97 bits per heavy atom. The molecule has 1 aromatic heterocycles. The number of imidazole rings is 1. The molecule has 2 aliphatic rings. The van der Waals surface area contributed by atoms with E-state index in [2.05, 4.69) is 5.32 Å². The predicted octanol–water partition coefficient (Wildman–Crippen LogP) is 2.82. The summed E-state index contributed by atoms with van der Waals surface area (Å²) >= 11 is 0. The van der Waals surface area contributed by atoms with Crippen LogP contribution >= 0.6 is 0 Å². The van der Waals surface area contributed by atoms with Gasteiger partial charge < -0.3 is 9.64 Å². The van der Waals surface area contributed by atoms with Crippen molar-refractivity contribution in [2.45, 2.75) is 56.9 Å². The van der Waals surface area contributed by atoms with Gasteiger partial charge in [0, 0.05) is 25.6 Å². The number of nitrogens with one attached hydrogen (secondary N) is 1. The molecule has 12 heteroatoms. The van der Waals surface area contributed by atoms with Gasteiger partial charge in [-0.1, -0.05) is 13.3 Å². The molecule has 1 unspecified atom stereocenters. The third-order valence-electron chi connectivity index (χ3n) is 6.68. The monoisotopic (exact) mass is 496 g/mol. The number of alkyl halides is 2. The van der Waals surface area contributed by atoms with Gasteiger partial charge in [-0.05, 0) is 31.4 Å². The number of aryl methyl sites for hydroxylation is 1. The maximum absolute atomic E-state index is 15.3. The number of carbonyl (C=O) groups excluding carboxylic acids is 3. The van der Waals surface area contributed by atoms with E-state index >= 15 is 13.2 Å². The van der Waals surface area contributed by atoms with Crippen molar-refractivity contribution in [2.24, 2.45) is 7.05 Å². The number of piperidine rings is 2. The highest BCUT2D eigenvalue weighted by Gasteiger charge is 2.49. The van der Waals surface area contributed by atoms with Crippen LogP contribution in [0, 0.1) is 5.82 Å². The van der Waals surface area contributed by atoms with Gasteiger partial charge in [-0.25, -0.2) is 22.8 Å². The Morgan fingerprint density at radius 1 is 1.23 bits per heavy atom. The van der Waals surface area contributed by atoms with Crippen LogP contribution in [0.1, 0.15) is 56.6 Å². The van der Waals surface area contributed by atoms with Crippen LogP contribution in [0.3, 0.4) is 0 Å². The molecule has 0 spiro atoms. The first-order chi connectivity index (χ1) is 16.6. The number of fused-ring (bicyclic) bond motifs is 1. The molecular weight excluding hydrogens is 469 g/mol. The molecule has 4 rings (SSSR count). The quantitative estimate of drug-likeness (QED) is 0.507. The van der Waals surface area contributed by atoms with E-state index in [0.29, 0.717) is 6.42 Å². The van der Waals surface area contributed by atoms with E-state index in [1.807, 2.05) is 6.92 Å². The third kappa shape index (κ3) is 4.41. The number of aromatic nitrogens is 2. The number of hydrogen-bond donors (Lipinski definition) is 1. The zero-order valence-electron chi connectivity index (χ0n) is 19.5. The average Bonchev–Trinajstić information content (AvgIpc) is 3.04. The standard InChI is InChI=1S/C23H27F3N4O5/c1-3-4-11-35-22(34)29-10-9-13(23(25,26)12-29)18-14(24)5-6-15-19(18)28(2)21(33)30(15)16-7-8-17(31)27-20(16)32/h5-6,13,16H,3-4,7-12H2,1-2H3,(H,27,31,32)/t13-,16?/m0/s1. The fourth-order valence-corrected chi connectivity index (χ4v) is 4.89. The Labute approximate surface area is 198 Å². The number of unbranched alkanes of at least 4 members (excludes halogenated alkanes) is 1. The molecule has 3 amide bonds. The van der Waals surface area contributed by atoms with E-state index in [-0.39, 0.29) is 49.0 Å². The largest absolute Gasteiger partial charge is 0.449 e. The summed E-state index contributed by atoms with van der Waals surface area (Å²) in [5.74, 6) is -7.15. The van der Waals surface area contributed by atoms with Crippen molar-refractivity contribution in [1.82, 2.24) is 19.4 Å². The van der Waals surface area contributed by atoms with Gasteiger partial charge in [-0.2, -0.15) is 0 Å². The Morgan fingerprint density at radius 3 is 2.63 bits per heavy atom. The number of likely N-dealkylation sites (tertiary alicyclic amines) is 1. The number of amides is 3. The first-order valence-electron chi connectivity index (χ1n) is 11.6. The SMILES string of the molecule is CCCCOC(=O)N1CC[C@@H](c2c(F)ccc3c2n(C)c(=O)n3C2CCC(=O)NC2=O)C(F)(F)C1. The molecule has 9 nitrogen and oxygen atoms in total. The van der Waals surface area contributed by atoms with Crippen LogP contribution in [0.5, 0.6) is 0 Å². The highest BCUT2D eigenvalue weighted by molar-refractivity contribution is 6.00. The molecular formula is C23H27F3N4O5. The highest BCUT2D eigenvalue weighted by Crippen LogP contribution is 2.44. The van der Waals surface area contributed by atoms with Gasteiger partial charge in [0.2, 0.25) is 11.8 Å². The minimum absolute atomic E-state index is 0.0121. The molecule has 2 saturated heterocycles. The molecule has 2 aliphatic heterocycles. The number of benzene rings is 1. The van der Waals surface area contributed by atoms with Crippen molar-refractivity contribution in [2.75, 3.05) is 19.7 Å². The molecule has 2 aromatic rings. The fourth-order valence-electron chi connectivity index (χ4n) is 4.89. The smallest absolute Gasteiger partial charge is 0.409 e. The number of nitrogens with zero attached hydrogens (tertiary/aromatic N) is 3. The molecule has 2 fully saturated rings. The van der Waals surface area contributed by atoms with Gasteiger partial charge in [0.25, 0.3) is 5.92 Å². The summed E-state index contributed by atoms with van der Waals surface area (Å²) in [6.07, 6.45) is 0.384. The average molecular weight is 496 g/mol. The van der Waals surface area contributed by atoms with E-state index in [0.717, 1.165) is 26.5 Å². The number of imide groups is 1. The normalized spacial score (nSPS) is 22.4. The Bertz CT molecular complexity index is 1240. The Kier molecular flexibility index (Phi) is 6.65. The summed E-state index contributed by atoms with van der Waals surface area (Å²) in [7, 11) is 1.33. The van der Waals surface area contributed by atoms with Crippen LogP contribution in [-0.2, 0) is 21.4 Å². The van der Waals surface area contributed by atoms with Gasteiger partial charge in [-0.3, -0.25) is 24.0 Å². The van der Waals surface area contributed by atoms with Crippen molar-refractivity contribution in [3.63, 3.8) is 0 Å². The van der Waals surface area contributed by atoms with E-state index < -0.39 is 53.8 Å². The van der Waals surface area contributed by atoms with Gasteiger partial charge in [-0.15, -0.1) is 0 Å². The van der Waals surface area contributed by atoms with Crippen molar-refractivity contribution in [1.29, 1.82) is 0 Å². The number of hydrogen-bond acceptors (Lipinski definition) is 5. The number of halogens is 3. The summed E-state index contributed by atoms with van der Waals surface area (Å²) in [4.78, 5) is 50.1. The van der Waals surface area contributed by atoms with Crippen molar-refractivity contribution in [3.8, 4) is 0 Å². The number of ether oxygens (including phenoxy) is 1. The fraction of sp³-hybridized carbons (Fsp3) is 0.565. The Hall–Kier alpha value is -3.31. The first-order valence-corrected chi connectivity index (χ1v) is 11.6. The molecule has 0 bridgehead atoms. The van der Waals surface area contributed by atoms with Crippen LogP contribution in [0.15, 0.2) is 16.9 Å². The second-order valence-electron chi connectivity index (χ2n) is 9.00. The number of carbonyl (C=O) groups is 3. The van der Waals surface area contributed by atoms with Gasteiger partial charge in [0.15, 0.2) is 0 Å². The maximum atomic E-state index is 15.3. The molecule has 190 valence electrons. The minimum Gasteiger partial charge on any atom is -0.449 e. The lowest BCUT2D eigenvalue weighted by Crippen LogP contribution is -2.50. The van der Waals surface area contributed by atoms with Gasteiger partial charge in [0.05, 0.1) is 30.1 Å². The summed E-state index contributed by atoms with van der Waals surface area (Å²) in [6, 6.07) is 1.25. The molecule has 0 saturated carbocycles. The topological polar surface area (TPSA) is 103 Å². The zero-order valence-corrected chi connectivity index (χ0v) is 19.5. The minimum atomic E-state index is -3.50. The lowest BCUT2D eigenvalue weighted by Gasteiger charge is -2.38. The molecule has 0 radical (unpaired) electrons. The van der Waals surface area contributed by atoms with Gasteiger partial charge in [0.1, 0.15) is 11.9 Å². The van der Waals surface area contributed by atoms with Crippen LogP contribution < -0.4 is 11.0 Å².